The maximum absolute atomic E-state index is 12.9. The molecule has 0 aliphatic rings. The van der Waals surface area contributed by atoms with Crippen LogP contribution in [-0.2, 0) is 4.79 Å². The summed E-state index contributed by atoms with van der Waals surface area (Å²) in [6.07, 6.45) is 15.5. The number of unbranched alkanes of at least 4 members (excludes halogenated alkanes) is 4. The topological polar surface area (TPSA) is 33.8 Å². The van der Waals surface area contributed by atoms with E-state index < -0.39 is 0 Å². The Balaban J connectivity index is 2.01. The van der Waals surface area contributed by atoms with Crippen molar-refractivity contribution < 1.29 is 9.36 Å². The first-order chi connectivity index (χ1) is 12.6. The first kappa shape index (κ1) is 21.0. The summed E-state index contributed by atoms with van der Waals surface area (Å²) in [6.45, 7) is 4.27. The van der Waals surface area contributed by atoms with Crippen molar-refractivity contribution in [2.75, 3.05) is 0 Å². The molecule has 0 fully saturated rings. The highest BCUT2D eigenvalue weighted by Crippen LogP contribution is 2.24. The summed E-state index contributed by atoms with van der Waals surface area (Å²) in [7, 11) is 0. The molecule has 0 aliphatic heterocycles. The van der Waals surface area contributed by atoms with Crippen LogP contribution in [0.15, 0.2) is 49.1 Å². The maximum atomic E-state index is 12.9. The van der Waals surface area contributed by atoms with Crippen molar-refractivity contribution in [2.45, 2.75) is 70.8 Å². The quantitative estimate of drug-likeness (QED) is 0.245. The molecule has 0 aliphatic carbocycles. The lowest BCUT2D eigenvalue weighted by Gasteiger charge is -2.16. The normalized spacial score (nSPS) is 13.3. The van der Waals surface area contributed by atoms with Gasteiger partial charge in [-0.2, -0.15) is 4.57 Å². The predicted octanol–water partition coefficient (Wildman–Crippen LogP) is 5.64. The van der Waals surface area contributed by atoms with Crippen molar-refractivity contribution in [3.05, 3.63) is 58.2 Å². The Bertz CT molecular complexity index is 675. The number of carbonyl (C=O) groups excluding carboxylic acids is 1. The number of nitrogens with zero attached hydrogens (tertiary/aromatic N) is 2. The molecule has 1 heterocycles. The Labute approximate surface area is 171 Å². The molecule has 140 valence electrons. The first-order valence-electron chi connectivity index (χ1n) is 9.70. The summed E-state index contributed by atoms with van der Waals surface area (Å²) in [5.41, 5.74) is 1.11. The number of hydrogen-bond donors (Lipinski definition) is 0. The fraction of sp³-hybridized carbons (Fsp3) is 0.500. The van der Waals surface area contributed by atoms with E-state index in [1.54, 1.807) is 12.4 Å². The highest BCUT2D eigenvalue weighted by molar-refractivity contribution is 14.1. The molecule has 2 aromatic rings. The van der Waals surface area contributed by atoms with E-state index in [9.17, 15) is 4.79 Å². The van der Waals surface area contributed by atoms with Gasteiger partial charge in [-0.3, -0.25) is 9.78 Å². The van der Waals surface area contributed by atoms with Crippen LogP contribution in [0.3, 0.4) is 0 Å². The Morgan fingerprint density at radius 2 is 1.88 bits per heavy atom. The van der Waals surface area contributed by atoms with Crippen LogP contribution in [0.4, 0.5) is 0 Å². The van der Waals surface area contributed by atoms with Gasteiger partial charge in [-0.15, -0.1) is 0 Å². The second kappa shape index (κ2) is 11.4. The zero-order valence-electron chi connectivity index (χ0n) is 15.9. The van der Waals surface area contributed by atoms with Gasteiger partial charge in [-0.1, -0.05) is 51.7 Å². The largest absolute Gasteiger partial charge is 0.299 e. The predicted molar refractivity (Wildman–Crippen MR) is 114 cm³/mol. The molecule has 1 aromatic heterocycles. The molecule has 0 saturated carbocycles. The number of benzene rings is 1. The molecule has 2 rings (SSSR count). The number of Topliss-reactive ketones (excluding diaryl/α,β-unsaturated/α-hetero) is 1. The van der Waals surface area contributed by atoms with Crippen LogP contribution in [0.2, 0.25) is 0 Å². The second-order valence-electron chi connectivity index (χ2n) is 7.00. The smallest absolute Gasteiger partial charge is 0.187 e. The third kappa shape index (κ3) is 6.78. The molecule has 0 spiro atoms. The van der Waals surface area contributed by atoms with Crippen molar-refractivity contribution >= 4 is 28.4 Å². The number of halogens is 1. The molecule has 0 saturated heterocycles. The van der Waals surface area contributed by atoms with Crippen molar-refractivity contribution in [3.63, 3.8) is 0 Å². The van der Waals surface area contributed by atoms with E-state index >= 15 is 0 Å². The van der Waals surface area contributed by atoms with Crippen LogP contribution in [0.1, 0.15) is 76.3 Å². The fourth-order valence-electron chi connectivity index (χ4n) is 3.28. The lowest BCUT2D eigenvalue weighted by molar-refractivity contribution is -0.723. The first-order valence-corrected chi connectivity index (χ1v) is 10.8. The van der Waals surface area contributed by atoms with E-state index in [0.717, 1.165) is 12.0 Å². The molecule has 4 heteroatoms. The van der Waals surface area contributed by atoms with Gasteiger partial charge in [0.25, 0.3) is 0 Å². The average Bonchev–Trinajstić information content (AvgIpc) is 2.67. The maximum Gasteiger partial charge on any atom is 0.187 e. The molecule has 3 nitrogen and oxygen atoms in total. The van der Waals surface area contributed by atoms with Crippen LogP contribution in [0.25, 0.3) is 0 Å². The van der Waals surface area contributed by atoms with E-state index in [1.165, 1.54) is 35.7 Å². The summed E-state index contributed by atoms with van der Waals surface area (Å²) in [6, 6.07) is 8.49. The molecular formula is C22H30IN2O+. The second-order valence-corrected chi connectivity index (χ2v) is 8.24. The van der Waals surface area contributed by atoms with Crippen molar-refractivity contribution in [1.82, 2.24) is 4.98 Å². The van der Waals surface area contributed by atoms with Crippen LogP contribution in [0.5, 0.6) is 0 Å². The highest BCUT2D eigenvalue weighted by atomic mass is 127. The van der Waals surface area contributed by atoms with E-state index in [-0.39, 0.29) is 12.0 Å². The Morgan fingerprint density at radius 1 is 1.15 bits per heavy atom. The van der Waals surface area contributed by atoms with E-state index in [0.29, 0.717) is 12.2 Å². The van der Waals surface area contributed by atoms with Gasteiger partial charge in [-0.05, 0) is 46.7 Å². The Morgan fingerprint density at radius 3 is 2.58 bits per heavy atom. The van der Waals surface area contributed by atoms with Crippen LogP contribution >= 0.6 is 22.6 Å². The minimum Gasteiger partial charge on any atom is -0.299 e. The molecule has 26 heavy (non-hydrogen) atoms. The average molecular weight is 465 g/mol. The molecule has 0 amide bonds. The minimum absolute atomic E-state index is 0.0604. The number of ketones is 1. The molecule has 1 unspecified atom stereocenters. The summed E-state index contributed by atoms with van der Waals surface area (Å²) in [5.74, 6) is 0.254. The van der Waals surface area contributed by atoms with E-state index in [1.807, 2.05) is 25.4 Å². The minimum atomic E-state index is -0.0604. The van der Waals surface area contributed by atoms with Gasteiger partial charge in [0.05, 0.1) is 18.8 Å². The van der Waals surface area contributed by atoms with Gasteiger partial charge < -0.3 is 0 Å². The monoisotopic (exact) mass is 465 g/mol. The van der Waals surface area contributed by atoms with Crippen LogP contribution in [-0.4, -0.2) is 10.8 Å². The number of rotatable bonds is 11. The lowest BCUT2D eigenvalue weighted by atomic mass is 9.91. The van der Waals surface area contributed by atoms with Crippen LogP contribution in [0, 0.1) is 3.57 Å². The zero-order valence-corrected chi connectivity index (χ0v) is 18.1. The molecule has 0 radical (unpaired) electrons. The highest BCUT2D eigenvalue weighted by Gasteiger charge is 2.25. The van der Waals surface area contributed by atoms with E-state index in [4.69, 9.17) is 0 Å². The molecule has 0 N–H and O–H groups in total. The van der Waals surface area contributed by atoms with Crippen LogP contribution < -0.4 is 4.57 Å². The zero-order chi connectivity index (χ0) is 18.8. The third-order valence-corrected chi connectivity index (χ3v) is 5.65. The molecule has 2 atom stereocenters. The van der Waals surface area contributed by atoms with Gasteiger partial charge in [-0.25, -0.2) is 0 Å². The van der Waals surface area contributed by atoms with Crippen molar-refractivity contribution in [2.24, 2.45) is 0 Å². The summed E-state index contributed by atoms with van der Waals surface area (Å²) >= 11 is 2.30. The summed E-state index contributed by atoms with van der Waals surface area (Å²) < 4.78 is 3.34. The molecular weight excluding hydrogens is 435 g/mol. The summed E-state index contributed by atoms with van der Waals surface area (Å²) in [4.78, 5) is 17.1. The number of aromatic nitrogens is 2. The van der Waals surface area contributed by atoms with Gasteiger partial charge in [0.2, 0.25) is 0 Å². The lowest BCUT2D eigenvalue weighted by Crippen LogP contribution is -2.40. The van der Waals surface area contributed by atoms with Gasteiger partial charge in [0.1, 0.15) is 5.78 Å². The van der Waals surface area contributed by atoms with E-state index in [2.05, 4.69) is 57.3 Å². The Kier molecular flexibility index (Phi) is 9.23. The molecule has 0 bridgehead atoms. The number of hydrogen-bond acceptors (Lipinski definition) is 2. The standard InChI is InChI=1S/C22H30IN2O/c1-3-4-5-6-7-11-21(25-14-12-24-13-15-25)17-22(26)18(2)19-9-8-10-20(23)16-19/h8-10,12-16,18,21H,3-7,11,17H2,1-2H3/q+1/t18-,21?/m1/s1. The van der Waals surface area contributed by atoms with Crippen molar-refractivity contribution in [3.8, 4) is 0 Å². The SMILES string of the molecule is CCCCCCCC(CC(=O)[C@H](C)c1cccc(I)c1)[n+]1ccncc1. The fourth-order valence-corrected chi connectivity index (χ4v) is 3.85. The van der Waals surface area contributed by atoms with Gasteiger partial charge in [0.15, 0.2) is 18.4 Å². The number of carbonyl (C=O) groups is 1. The third-order valence-electron chi connectivity index (χ3n) is 4.98. The Hall–Kier alpha value is -1.30. The van der Waals surface area contributed by atoms with Gasteiger partial charge in [0, 0.05) is 15.9 Å². The van der Waals surface area contributed by atoms with Crippen molar-refractivity contribution in [1.29, 1.82) is 0 Å². The molecule has 1 aromatic carbocycles. The summed E-state index contributed by atoms with van der Waals surface area (Å²) in [5, 5.41) is 0. The van der Waals surface area contributed by atoms with Gasteiger partial charge >= 0.3 is 0 Å².